The number of nitrogens with one attached hydrogen (secondary N) is 1. The summed E-state index contributed by atoms with van der Waals surface area (Å²) in [6, 6.07) is 5.53. The van der Waals surface area contributed by atoms with Crippen molar-refractivity contribution in [1.29, 1.82) is 0 Å². The monoisotopic (exact) mass is 238 g/mol. The van der Waals surface area contributed by atoms with Gasteiger partial charge in [0.05, 0.1) is 17.0 Å². The van der Waals surface area contributed by atoms with Crippen molar-refractivity contribution < 1.29 is 9.90 Å². The van der Waals surface area contributed by atoms with Gasteiger partial charge in [-0.05, 0) is 24.6 Å². The van der Waals surface area contributed by atoms with E-state index in [1.165, 1.54) is 11.8 Å². The second-order valence-electron chi connectivity index (χ2n) is 4.03. The lowest BCUT2D eigenvalue weighted by molar-refractivity contribution is -0.113. The molecule has 0 radical (unpaired) electrons. The molecule has 0 bridgehead atoms. The van der Waals surface area contributed by atoms with Crippen molar-refractivity contribution in [2.75, 3.05) is 17.6 Å². The fraction of sp³-hybridized carbons (Fsp3) is 0.364. The average Bonchev–Trinajstić information content (AvgIpc) is 2.28. The van der Waals surface area contributed by atoms with E-state index in [1.807, 2.05) is 12.1 Å². The van der Waals surface area contributed by atoms with E-state index in [2.05, 4.69) is 5.32 Å². The zero-order chi connectivity index (χ0) is 11.8. The number of hydrogen-bond donors (Lipinski definition) is 3. The summed E-state index contributed by atoms with van der Waals surface area (Å²) in [6.07, 6.45) is 0. The number of thioether (sulfide) groups is 1. The van der Waals surface area contributed by atoms with E-state index in [4.69, 9.17) is 5.73 Å². The molecule has 4 nitrogen and oxygen atoms in total. The Morgan fingerprint density at radius 1 is 1.62 bits per heavy atom. The molecular formula is C11H14N2O2S. The first kappa shape index (κ1) is 11.4. The zero-order valence-electron chi connectivity index (χ0n) is 8.99. The summed E-state index contributed by atoms with van der Waals surface area (Å²) < 4.78 is 0. The van der Waals surface area contributed by atoms with Gasteiger partial charge < -0.3 is 16.2 Å². The van der Waals surface area contributed by atoms with E-state index < -0.39 is 5.60 Å². The molecule has 1 aliphatic rings. The maximum Gasteiger partial charge on any atom is 0.234 e. The van der Waals surface area contributed by atoms with Crippen molar-refractivity contribution in [1.82, 2.24) is 0 Å². The molecule has 0 saturated carbocycles. The van der Waals surface area contributed by atoms with Gasteiger partial charge in [0.1, 0.15) is 0 Å². The number of fused-ring (bicyclic) bond motifs is 1. The maximum atomic E-state index is 11.2. The molecule has 2 rings (SSSR count). The Hall–Kier alpha value is -1.04. The van der Waals surface area contributed by atoms with Crippen LogP contribution in [0.1, 0.15) is 12.5 Å². The molecule has 1 atom stereocenters. The Morgan fingerprint density at radius 3 is 3.06 bits per heavy atom. The summed E-state index contributed by atoms with van der Waals surface area (Å²) in [7, 11) is 0. The lowest BCUT2D eigenvalue weighted by Gasteiger charge is -2.24. The average molecular weight is 238 g/mol. The van der Waals surface area contributed by atoms with E-state index in [0.717, 1.165) is 16.1 Å². The number of amides is 1. The Morgan fingerprint density at radius 2 is 2.38 bits per heavy atom. The second-order valence-corrected chi connectivity index (χ2v) is 5.04. The van der Waals surface area contributed by atoms with Gasteiger partial charge in [-0.3, -0.25) is 4.79 Å². The predicted molar refractivity (Wildman–Crippen MR) is 64.4 cm³/mol. The topological polar surface area (TPSA) is 75.3 Å². The van der Waals surface area contributed by atoms with Crippen LogP contribution in [0, 0.1) is 0 Å². The number of hydrogen-bond acceptors (Lipinski definition) is 4. The third kappa shape index (κ3) is 2.07. The Kier molecular flexibility index (Phi) is 2.92. The normalized spacial score (nSPS) is 18.6. The number of carbonyl (C=O) groups excluding carboxylic acids is 1. The maximum absolute atomic E-state index is 11.2. The molecule has 0 fully saturated rings. The minimum atomic E-state index is -1.05. The summed E-state index contributed by atoms with van der Waals surface area (Å²) in [6.45, 7) is 1.80. The smallest absolute Gasteiger partial charge is 0.234 e. The van der Waals surface area contributed by atoms with E-state index in [0.29, 0.717) is 5.75 Å². The molecule has 1 aromatic carbocycles. The van der Waals surface area contributed by atoms with Crippen LogP contribution >= 0.6 is 11.8 Å². The standard InChI is InChI=1S/C11H14N2O2S/c1-11(15,6-12)7-2-3-9-8(4-7)13-10(14)5-16-9/h2-4,15H,5-6,12H2,1H3,(H,13,14). The van der Waals surface area contributed by atoms with Crippen LogP contribution in [0.5, 0.6) is 0 Å². The van der Waals surface area contributed by atoms with Crippen LogP contribution in [0.15, 0.2) is 23.1 Å². The van der Waals surface area contributed by atoms with Gasteiger partial charge in [-0.2, -0.15) is 0 Å². The summed E-state index contributed by atoms with van der Waals surface area (Å²) in [5, 5.41) is 12.8. The summed E-state index contributed by atoms with van der Waals surface area (Å²) >= 11 is 1.50. The molecule has 1 amide bonds. The molecule has 0 saturated heterocycles. The van der Waals surface area contributed by atoms with Gasteiger partial charge in [-0.1, -0.05) is 6.07 Å². The fourth-order valence-corrected chi connectivity index (χ4v) is 2.32. The van der Waals surface area contributed by atoms with Crippen LogP contribution in [0.3, 0.4) is 0 Å². The van der Waals surface area contributed by atoms with Crippen LogP contribution in [-0.4, -0.2) is 23.3 Å². The number of rotatable bonds is 2. The highest BCUT2D eigenvalue weighted by Gasteiger charge is 2.23. The molecular weight excluding hydrogens is 224 g/mol. The Bertz CT molecular complexity index is 432. The molecule has 0 aliphatic carbocycles. The van der Waals surface area contributed by atoms with Gasteiger partial charge in [-0.15, -0.1) is 11.8 Å². The first-order valence-corrected chi connectivity index (χ1v) is 6.01. The molecule has 86 valence electrons. The molecule has 0 spiro atoms. The van der Waals surface area contributed by atoms with Crippen molar-refractivity contribution in [3.63, 3.8) is 0 Å². The summed E-state index contributed by atoms with van der Waals surface area (Å²) in [5.74, 6) is 0.432. The van der Waals surface area contributed by atoms with Crippen molar-refractivity contribution >= 4 is 23.4 Å². The zero-order valence-corrected chi connectivity index (χ0v) is 9.80. The minimum absolute atomic E-state index is 0.0120. The van der Waals surface area contributed by atoms with E-state index >= 15 is 0 Å². The highest BCUT2D eigenvalue weighted by Crippen LogP contribution is 2.34. The fourth-order valence-electron chi connectivity index (χ4n) is 1.54. The first-order valence-electron chi connectivity index (χ1n) is 5.02. The molecule has 1 aliphatic heterocycles. The predicted octanol–water partition coefficient (Wildman–Crippen LogP) is 0.897. The van der Waals surface area contributed by atoms with Gasteiger partial charge in [0.15, 0.2) is 0 Å². The molecule has 16 heavy (non-hydrogen) atoms. The lowest BCUT2D eigenvalue weighted by Crippen LogP contribution is -2.31. The highest BCUT2D eigenvalue weighted by atomic mass is 32.2. The summed E-state index contributed by atoms with van der Waals surface area (Å²) in [4.78, 5) is 12.3. The molecule has 5 heteroatoms. The lowest BCUT2D eigenvalue weighted by atomic mass is 9.96. The highest BCUT2D eigenvalue weighted by molar-refractivity contribution is 8.00. The van der Waals surface area contributed by atoms with Crippen molar-refractivity contribution in [2.45, 2.75) is 17.4 Å². The second kappa shape index (κ2) is 4.08. The van der Waals surface area contributed by atoms with Gasteiger partial charge in [0.25, 0.3) is 0 Å². The van der Waals surface area contributed by atoms with Crippen LogP contribution in [-0.2, 0) is 10.4 Å². The van der Waals surface area contributed by atoms with E-state index in [-0.39, 0.29) is 12.5 Å². The molecule has 1 unspecified atom stereocenters. The molecule has 1 heterocycles. The molecule has 1 aromatic rings. The summed E-state index contributed by atoms with van der Waals surface area (Å²) in [5.41, 5.74) is 5.92. The first-order chi connectivity index (χ1) is 7.53. The minimum Gasteiger partial charge on any atom is -0.384 e. The number of aliphatic hydroxyl groups is 1. The number of anilines is 1. The van der Waals surface area contributed by atoms with Crippen LogP contribution < -0.4 is 11.1 Å². The van der Waals surface area contributed by atoms with Gasteiger partial charge in [0.2, 0.25) is 5.91 Å². The number of nitrogens with two attached hydrogens (primary N) is 1. The Balaban J connectivity index is 2.38. The largest absolute Gasteiger partial charge is 0.384 e. The number of benzene rings is 1. The van der Waals surface area contributed by atoms with E-state index in [9.17, 15) is 9.90 Å². The van der Waals surface area contributed by atoms with Crippen LogP contribution in [0.2, 0.25) is 0 Å². The van der Waals surface area contributed by atoms with Gasteiger partial charge in [-0.25, -0.2) is 0 Å². The van der Waals surface area contributed by atoms with Crippen LogP contribution in [0.25, 0.3) is 0 Å². The van der Waals surface area contributed by atoms with Crippen molar-refractivity contribution in [2.24, 2.45) is 5.73 Å². The third-order valence-electron chi connectivity index (χ3n) is 2.63. The van der Waals surface area contributed by atoms with Gasteiger partial charge in [0, 0.05) is 11.4 Å². The van der Waals surface area contributed by atoms with Crippen molar-refractivity contribution in [3.05, 3.63) is 23.8 Å². The van der Waals surface area contributed by atoms with E-state index in [1.54, 1.807) is 13.0 Å². The quantitative estimate of drug-likeness (QED) is 0.715. The SMILES string of the molecule is CC(O)(CN)c1ccc2c(c1)NC(=O)CS2. The number of carbonyl (C=O) groups is 1. The van der Waals surface area contributed by atoms with Crippen LogP contribution in [0.4, 0.5) is 5.69 Å². The van der Waals surface area contributed by atoms with Gasteiger partial charge >= 0.3 is 0 Å². The Labute approximate surface area is 98.2 Å². The molecule has 4 N–H and O–H groups in total. The van der Waals surface area contributed by atoms with Crippen molar-refractivity contribution in [3.8, 4) is 0 Å². The third-order valence-corrected chi connectivity index (χ3v) is 3.71. The molecule has 0 aromatic heterocycles.